The van der Waals surface area contributed by atoms with Gasteiger partial charge in [0.15, 0.2) is 11.5 Å². The van der Waals surface area contributed by atoms with Crippen LogP contribution in [0.5, 0.6) is 11.5 Å². The Balaban J connectivity index is 1.64. The first-order chi connectivity index (χ1) is 19.3. The third-order valence-corrected chi connectivity index (χ3v) is 7.09. The van der Waals surface area contributed by atoms with Crippen LogP contribution in [-0.4, -0.2) is 35.2 Å². The normalized spacial score (nSPS) is 15.0. The summed E-state index contributed by atoms with van der Waals surface area (Å²) in [4.78, 5) is 30.2. The van der Waals surface area contributed by atoms with Crippen LogP contribution in [0.1, 0.15) is 40.9 Å². The molecule has 0 atom stereocenters. The summed E-state index contributed by atoms with van der Waals surface area (Å²) in [5, 5.41) is 11.7. The number of benzene rings is 3. The van der Waals surface area contributed by atoms with E-state index < -0.39 is 11.9 Å². The van der Waals surface area contributed by atoms with Gasteiger partial charge in [0, 0.05) is 10.6 Å². The monoisotopic (exact) mass is 577 g/mol. The Bertz CT molecular complexity index is 1510. The maximum absolute atomic E-state index is 12.9. The molecule has 1 aliphatic heterocycles. The number of amides is 1. The lowest BCUT2D eigenvalue weighted by Crippen LogP contribution is -2.14. The Labute approximate surface area is 242 Å². The van der Waals surface area contributed by atoms with Gasteiger partial charge in [-0.15, -0.1) is 0 Å². The molecule has 1 N–H and O–H groups in total. The molecular formula is C31H28ClNO6S. The van der Waals surface area contributed by atoms with Crippen LogP contribution >= 0.6 is 23.4 Å². The van der Waals surface area contributed by atoms with Crippen molar-refractivity contribution in [2.45, 2.75) is 27.4 Å². The molecular weight excluding hydrogens is 550 g/mol. The molecule has 1 aliphatic rings. The average Bonchev–Trinajstić information content (AvgIpc) is 3.23. The average molecular weight is 578 g/mol. The first-order valence-corrected chi connectivity index (χ1v) is 13.8. The van der Waals surface area contributed by atoms with E-state index in [1.165, 1.54) is 0 Å². The number of aryl methyl sites for hydroxylation is 1. The summed E-state index contributed by atoms with van der Waals surface area (Å²) < 4.78 is 16.9. The molecule has 0 fully saturated rings. The quantitative estimate of drug-likeness (QED) is 0.266. The molecule has 206 valence electrons. The van der Waals surface area contributed by atoms with Crippen LogP contribution in [0.25, 0.3) is 6.08 Å². The van der Waals surface area contributed by atoms with Crippen molar-refractivity contribution in [1.29, 1.82) is 0 Å². The number of halogens is 1. The van der Waals surface area contributed by atoms with Crippen LogP contribution in [-0.2, 0) is 16.1 Å². The van der Waals surface area contributed by atoms with Gasteiger partial charge in [0.25, 0.3) is 5.91 Å². The summed E-state index contributed by atoms with van der Waals surface area (Å²) in [5.74, 6) is -0.506. The van der Waals surface area contributed by atoms with Gasteiger partial charge in [-0.1, -0.05) is 59.8 Å². The molecule has 40 heavy (non-hydrogen) atoms. The standard InChI is InChI=1S/C31H28ClNO6S/c1-4-37-25-16-21(12-15-24(25)39-18-20-10-13-22(32)14-11-20)17-26-28(34)27(31(36)38-5-2)30(40-26)33-29(35)23-9-7-6-8-19(23)3/h6-17,34H,4-5,18H2,1-3H3/b26-17-,33-30?. The maximum Gasteiger partial charge on any atom is 0.344 e. The van der Waals surface area contributed by atoms with Crippen molar-refractivity contribution in [2.24, 2.45) is 4.99 Å². The van der Waals surface area contributed by atoms with Gasteiger partial charge in [-0.2, -0.15) is 0 Å². The third kappa shape index (κ3) is 6.94. The molecule has 0 bridgehead atoms. The van der Waals surface area contributed by atoms with Crippen LogP contribution in [0.3, 0.4) is 0 Å². The van der Waals surface area contributed by atoms with E-state index in [-0.39, 0.29) is 23.0 Å². The topological polar surface area (TPSA) is 94.4 Å². The number of aliphatic hydroxyl groups is 1. The summed E-state index contributed by atoms with van der Waals surface area (Å²) in [6, 6.07) is 19.8. The van der Waals surface area contributed by atoms with E-state index in [4.69, 9.17) is 25.8 Å². The lowest BCUT2D eigenvalue weighted by Gasteiger charge is -2.13. The number of nitrogens with zero attached hydrogens (tertiary/aromatic N) is 1. The molecule has 0 spiro atoms. The molecule has 0 aliphatic carbocycles. The van der Waals surface area contributed by atoms with Gasteiger partial charge >= 0.3 is 5.97 Å². The van der Waals surface area contributed by atoms with Gasteiger partial charge in [0.1, 0.15) is 23.0 Å². The second kappa shape index (κ2) is 13.4. The molecule has 0 radical (unpaired) electrons. The Kier molecular flexibility index (Phi) is 9.69. The molecule has 1 heterocycles. The minimum Gasteiger partial charge on any atom is -0.506 e. The van der Waals surface area contributed by atoms with Gasteiger partial charge in [0.2, 0.25) is 0 Å². The summed E-state index contributed by atoms with van der Waals surface area (Å²) in [7, 11) is 0. The van der Waals surface area contributed by atoms with E-state index in [2.05, 4.69) is 4.99 Å². The smallest absolute Gasteiger partial charge is 0.344 e. The molecule has 0 unspecified atom stereocenters. The highest BCUT2D eigenvalue weighted by atomic mass is 35.5. The molecule has 9 heteroatoms. The van der Waals surface area contributed by atoms with Crippen LogP contribution in [0.2, 0.25) is 5.02 Å². The number of thioether (sulfide) groups is 1. The maximum atomic E-state index is 12.9. The highest BCUT2D eigenvalue weighted by Crippen LogP contribution is 2.40. The third-order valence-electron chi connectivity index (χ3n) is 5.82. The minimum atomic E-state index is -0.756. The summed E-state index contributed by atoms with van der Waals surface area (Å²) >= 11 is 6.98. The number of hydrogen-bond donors (Lipinski definition) is 1. The lowest BCUT2D eigenvalue weighted by atomic mass is 10.1. The summed E-state index contributed by atoms with van der Waals surface area (Å²) in [6.45, 7) is 6.19. The molecule has 7 nitrogen and oxygen atoms in total. The van der Waals surface area contributed by atoms with E-state index >= 15 is 0 Å². The number of carbonyl (C=O) groups is 2. The predicted molar refractivity (Wildman–Crippen MR) is 158 cm³/mol. The predicted octanol–water partition coefficient (Wildman–Crippen LogP) is 7.33. The van der Waals surface area contributed by atoms with E-state index in [0.717, 1.165) is 22.9 Å². The van der Waals surface area contributed by atoms with Crippen LogP contribution in [0, 0.1) is 6.92 Å². The van der Waals surface area contributed by atoms with E-state index in [9.17, 15) is 14.7 Å². The first-order valence-electron chi connectivity index (χ1n) is 12.6. The second-order valence-electron chi connectivity index (χ2n) is 8.65. The highest BCUT2D eigenvalue weighted by Gasteiger charge is 2.34. The van der Waals surface area contributed by atoms with Crippen LogP contribution in [0.4, 0.5) is 0 Å². The van der Waals surface area contributed by atoms with Gasteiger partial charge in [0.05, 0.1) is 18.1 Å². The number of aliphatic hydroxyl groups excluding tert-OH is 1. The number of ether oxygens (including phenoxy) is 3. The zero-order chi connectivity index (χ0) is 28.6. The number of carbonyl (C=O) groups excluding carboxylic acids is 2. The second-order valence-corrected chi connectivity index (χ2v) is 10.1. The Morgan fingerprint density at radius 2 is 1.73 bits per heavy atom. The molecule has 3 aromatic carbocycles. The SMILES string of the molecule is CCOC(=O)C1=C(O)/C(=C/c2ccc(OCc3ccc(Cl)cc3)c(OCC)c2)SC1=NC(=O)c1ccccc1C. The molecule has 0 saturated heterocycles. The zero-order valence-corrected chi connectivity index (χ0v) is 23.8. The minimum absolute atomic E-state index is 0.0726. The number of rotatable bonds is 9. The highest BCUT2D eigenvalue weighted by molar-refractivity contribution is 8.18. The lowest BCUT2D eigenvalue weighted by molar-refractivity contribution is -0.138. The Morgan fingerprint density at radius 3 is 2.42 bits per heavy atom. The van der Waals surface area contributed by atoms with Crippen molar-refractivity contribution in [3.63, 3.8) is 0 Å². The van der Waals surface area contributed by atoms with Gasteiger partial charge < -0.3 is 19.3 Å². The van der Waals surface area contributed by atoms with Crippen molar-refractivity contribution in [2.75, 3.05) is 13.2 Å². The van der Waals surface area contributed by atoms with E-state index in [1.54, 1.807) is 68.5 Å². The fourth-order valence-electron chi connectivity index (χ4n) is 3.85. The summed E-state index contributed by atoms with van der Waals surface area (Å²) in [5.41, 5.74) is 2.66. The molecule has 3 aromatic rings. The van der Waals surface area contributed by atoms with Crippen LogP contribution < -0.4 is 9.47 Å². The number of hydrogen-bond acceptors (Lipinski definition) is 7. The van der Waals surface area contributed by atoms with Crippen molar-refractivity contribution >= 4 is 46.4 Å². The van der Waals surface area contributed by atoms with Crippen molar-refractivity contribution < 1.29 is 28.9 Å². The molecule has 1 amide bonds. The Hall–Kier alpha value is -4.01. The number of aliphatic imine (C=N–C) groups is 1. The van der Waals surface area contributed by atoms with E-state index in [1.807, 2.05) is 25.1 Å². The van der Waals surface area contributed by atoms with Crippen molar-refractivity contribution in [3.8, 4) is 11.5 Å². The van der Waals surface area contributed by atoms with Gasteiger partial charge in [-0.3, -0.25) is 4.79 Å². The number of esters is 1. The molecule has 4 rings (SSSR count). The van der Waals surface area contributed by atoms with Gasteiger partial charge in [-0.25, -0.2) is 9.79 Å². The van der Waals surface area contributed by atoms with Gasteiger partial charge in [-0.05, 0) is 73.9 Å². The first kappa shape index (κ1) is 29.0. The van der Waals surface area contributed by atoms with Crippen LogP contribution in [0.15, 0.2) is 88.0 Å². The molecule has 0 saturated carbocycles. The van der Waals surface area contributed by atoms with E-state index in [0.29, 0.717) is 45.8 Å². The van der Waals surface area contributed by atoms with Crippen molar-refractivity contribution in [1.82, 2.24) is 0 Å². The fourth-order valence-corrected chi connectivity index (χ4v) is 4.99. The zero-order valence-electron chi connectivity index (χ0n) is 22.3. The largest absolute Gasteiger partial charge is 0.506 e. The Morgan fingerprint density at radius 1 is 0.975 bits per heavy atom. The summed E-state index contributed by atoms with van der Waals surface area (Å²) in [6.07, 6.45) is 1.69. The van der Waals surface area contributed by atoms with Crippen molar-refractivity contribution in [3.05, 3.63) is 110 Å². The fraction of sp³-hybridized carbons (Fsp3) is 0.194. The molecule has 0 aromatic heterocycles.